The van der Waals surface area contributed by atoms with Crippen LogP contribution >= 0.6 is 0 Å². The topological polar surface area (TPSA) is 48.1 Å². The summed E-state index contributed by atoms with van der Waals surface area (Å²) in [6.45, 7) is 13.0. The Bertz CT molecular complexity index is 1290. The molecular formula is C35H46N4O2. The SMILES string of the molecule is CCC/C=C1\C(OC)=CC=CN1/C(C(=O)NCc1ccc(N2CCCN(c3ccc(C)cc3)CC2)cc1)=C(\C)CC. The predicted octanol–water partition coefficient (Wildman–Crippen LogP) is 7.06. The summed E-state index contributed by atoms with van der Waals surface area (Å²) in [7, 11) is 1.68. The number of allylic oxidation sites excluding steroid dienone is 4. The maximum Gasteiger partial charge on any atom is 0.268 e. The number of carbonyl (C=O) groups is 1. The number of hydrogen-bond donors (Lipinski definition) is 1. The van der Waals surface area contributed by atoms with E-state index in [2.05, 4.69) is 90.5 Å². The Morgan fingerprint density at radius 2 is 1.59 bits per heavy atom. The van der Waals surface area contributed by atoms with Gasteiger partial charge in [0.25, 0.3) is 5.91 Å². The van der Waals surface area contributed by atoms with Crippen molar-refractivity contribution in [3.05, 3.63) is 107 Å². The van der Waals surface area contributed by atoms with Crippen LogP contribution < -0.4 is 15.1 Å². The zero-order valence-electron chi connectivity index (χ0n) is 25.5. The zero-order valence-corrected chi connectivity index (χ0v) is 25.5. The van der Waals surface area contributed by atoms with Gasteiger partial charge in [0.15, 0.2) is 0 Å². The summed E-state index contributed by atoms with van der Waals surface area (Å²) in [5.41, 5.74) is 7.52. The first kappa shape index (κ1) is 30.0. The summed E-state index contributed by atoms with van der Waals surface area (Å²) in [5.74, 6) is 0.683. The highest BCUT2D eigenvalue weighted by Gasteiger charge is 2.25. The number of benzene rings is 2. The van der Waals surface area contributed by atoms with Crippen molar-refractivity contribution in [2.45, 2.75) is 59.9 Å². The lowest BCUT2D eigenvalue weighted by Crippen LogP contribution is -2.34. The largest absolute Gasteiger partial charge is 0.495 e. The molecule has 4 rings (SSSR count). The van der Waals surface area contributed by atoms with Gasteiger partial charge in [-0.2, -0.15) is 0 Å². The standard InChI is InChI=1S/C35H46N4O2/c1-6-8-11-32-33(41-5)12-9-23-39(32)34(28(4)7-2)35(40)36-26-29-15-19-31(20-16-29)38-22-10-21-37(24-25-38)30-17-13-27(3)14-18-30/h9,11-20,23H,6-8,10,21-22,24-26H2,1-5H3,(H,36,40)/b32-11+,34-28+. The van der Waals surface area contributed by atoms with Crippen LogP contribution in [0.3, 0.4) is 0 Å². The third-order valence-corrected chi connectivity index (χ3v) is 7.88. The van der Waals surface area contributed by atoms with Crippen LogP contribution in [0.4, 0.5) is 11.4 Å². The van der Waals surface area contributed by atoms with Crippen molar-refractivity contribution in [1.29, 1.82) is 0 Å². The molecule has 2 aromatic rings. The predicted molar refractivity (Wildman–Crippen MR) is 171 cm³/mol. The number of rotatable bonds is 10. The van der Waals surface area contributed by atoms with Gasteiger partial charge in [-0.05, 0) is 80.7 Å². The molecule has 0 saturated carbocycles. The molecular weight excluding hydrogens is 508 g/mol. The first-order valence-electron chi connectivity index (χ1n) is 15.0. The molecule has 2 aromatic carbocycles. The van der Waals surface area contributed by atoms with Crippen molar-refractivity contribution < 1.29 is 9.53 Å². The molecule has 1 N–H and O–H groups in total. The summed E-state index contributed by atoms with van der Waals surface area (Å²) in [5, 5.41) is 3.18. The van der Waals surface area contributed by atoms with E-state index in [1.165, 1.54) is 16.9 Å². The fourth-order valence-corrected chi connectivity index (χ4v) is 5.30. The molecule has 2 aliphatic rings. The average Bonchev–Trinajstić information content (AvgIpc) is 3.26. The Hall–Kier alpha value is -3.93. The summed E-state index contributed by atoms with van der Waals surface area (Å²) in [4.78, 5) is 20.5. The molecule has 0 aromatic heterocycles. The molecule has 1 amide bonds. The normalized spacial score (nSPS) is 17.2. The quantitative estimate of drug-likeness (QED) is 0.319. The molecule has 41 heavy (non-hydrogen) atoms. The number of ether oxygens (including phenoxy) is 1. The van der Waals surface area contributed by atoms with Crippen LogP contribution in [0, 0.1) is 6.92 Å². The number of aryl methyl sites for hydroxylation is 1. The lowest BCUT2D eigenvalue weighted by molar-refractivity contribution is -0.118. The number of amides is 1. The average molecular weight is 555 g/mol. The second-order valence-electron chi connectivity index (χ2n) is 10.8. The van der Waals surface area contributed by atoms with E-state index >= 15 is 0 Å². The summed E-state index contributed by atoms with van der Waals surface area (Å²) >= 11 is 0. The summed E-state index contributed by atoms with van der Waals surface area (Å²) in [6.07, 6.45) is 11.8. The molecule has 6 heteroatoms. The summed E-state index contributed by atoms with van der Waals surface area (Å²) in [6, 6.07) is 17.5. The van der Waals surface area contributed by atoms with E-state index in [9.17, 15) is 4.79 Å². The van der Waals surface area contributed by atoms with Crippen LogP contribution in [0.15, 0.2) is 95.7 Å². The van der Waals surface area contributed by atoms with Crippen LogP contribution in [0.1, 0.15) is 57.6 Å². The molecule has 0 spiro atoms. The number of nitrogens with zero attached hydrogens (tertiary/aromatic N) is 3. The minimum atomic E-state index is -0.0819. The van der Waals surface area contributed by atoms with Crippen LogP contribution in [0.2, 0.25) is 0 Å². The van der Waals surface area contributed by atoms with Gasteiger partial charge in [0, 0.05) is 50.3 Å². The fourth-order valence-electron chi connectivity index (χ4n) is 5.30. The monoisotopic (exact) mass is 554 g/mol. The number of unbranched alkanes of at least 4 members (excludes halogenated alkanes) is 1. The van der Waals surface area contributed by atoms with Gasteiger partial charge in [0.2, 0.25) is 0 Å². The highest BCUT2D eigenvalue weighted by Crippen LogP contribution is 2.29. The molecule has 1 fully saturated rings. The molecule has 0 aliphatic carbocycles. The molecule has 0 atom stereocenters. The van der Waals surface area contributed by atoms with Crippen molar-refractivity contribution >= 4 is 17.3 Å². The number of anilines is 2. The molecule has 218 valence electrons. The molecule has 1 saturated heterocycles. The van der Waals surface area contributed by atoms with Crippen molar-refractivity contribution in [2.24, 2.45) is 0 Å². The third kappa shape index (κ3) is 7.63. The van der Waals surface area contributed by atoms with E-state index in [4.69, 9.17) is 4.74 Å². The van der Waals surface area contributed by atoms with E-state index in [0.717, 1.165) is 74.5 Å². The zero-order chi connectivity index (χ0) is 29.2. The minimum absolute atomic E-state index is 0.0819. The maximum absolute atomic E-state index is 13.6. The smallest absolute Gasteiger partial charge is 0.268 e. The fraction of sp³-hybridized carbons (Fsp3) is 0.400. The molecule has 6 nitrogen and oxygen atoms in total. The molecule has 0 bridgehead atoms. The van der Waals surface area contributed by atoms with E-state index < -0.39 is 0 Å². The van der Waals surface area contributed by atoms with Gasteiger partial charge >= 0.3 is 0 Å². The maximum atomic E-state index is 13.6. The Morgan fingerprint density at radius 1 is 0.951 bits per heavy atom. The van der Waals surface area contributed by atoms with Gasteiger partial charge in [-0.15, -0.1) is 0 Å². The summed E-state index contributed by atoms with van der Waals surface area (Å²) < 4.78 is 5.64. The second-order valence-corrected chi connectivity index (χ2v) is 10.8. The van der Waals surface area contributed by atoms with E-state index in [1.807, 2.05) is 30.2 Å². The first-order valence-corrected chi connectivity index (χ1v) is 15.0. The molecule has 2 aliphatic heterocycles. The van der Waals surface area contributed by atoms with Crippen molar-refractivity contribution in [3.8, 4) is 0 Å². The van der Waals surface area contributed by atoms with Gasteiger partial charge in [-0.1, -0.05) is 56.2 Å². The van der Waals surface area contributed by atoms with Crippen LogP contribution in [-0.2, 0) is 16.1 Å². The van der Waals surface area contributed by atoms with Crippen molar-refractivity contribution in [3.63, 3.8) is 0 Å². The number of hydrogen-bond acceptors (Lipinski definition) is 5. The number of methoxy groups -OCH3 is 1. The lowest BCUT2D eigenvalue weighted by Gasteiger charge is -2.30. The molecule has 0 radical (unpaired) electrons. The van der Waals surface area contributed by atoms with Gasteiger partial charge < -0.3 is 24.8 Å². The van der Waals surface area contributed by atoms with Gasteiger partial charge in [-0.25, -0.2) is 0 Å². The van der Waals surface area contributed by atoms with Crippen LogP contribution in [0.5, 0.6) is 0 Å². The molecule has 0 unspecified atom stereocenters. The minimum Gasteiger partial charge on any atom is -0.495 e. The number of nitrogens with one attached hydrogen (secondary N) is 1. The Kier molecular flexibility index (Phi) is 10.7. The Balaban J connectivity index is 1.40. The van der Waals surface area contributed by atoms with Gasteiger partial charge in [0.1, 0.15) is 11.5 Å². The molecule has 2 heterocycles. The van der Waals surface area contributed by atoms with E-state index in [0.29, 0.717) is 12.2 Å². The Labute approximate surface area is 246 Å². The van der Waals surface area contributed by atoms with Gasteiger partial charge in [-0.3, -0.25) is 4.79 Å². The van der Waals surface area contributed by atoms with Crippen molar-refractivity contribution in [1.82, 2.24) is 10.2 Å². The van der Waals surface area contributed by atoms with Crippen molar-refractivity contribution in [2.75, 3.05) is 43.1 Å². The second kappa shape index (κ2) is 14.6. The number of carbonyl (C=O) groups excluding carboxylic acids is 1. The third-order valence-electron chi connectivity index (χ3n) is 7.88. The van der Waals surface area contributed by atoms with Crippen LogP contribution in [0.25, 0.3) is 0 Å². The highest BCUT2D eigenvalue weighted by atomic mass is 16.5. The van der Waals surface area contributed by atoms with Crippen LogP contribution in [-0.4, -0.2) is 44.1 Å². The highest BCUT2D eigenvalue weighted by molar-refractivity contribution is 5.94. The van der Waals surface area contributed by atoms with Gasteiger partial charge in [0.05, 0.1) is 12.8 Å². The Morgan fingerprint density at radius 3 is 2.17 bits per heavy atom. The lowest BCUT2D eigenvalue weighted by atomic mass is 10.1. The van der Waals surface area contributed by atoms with E-state index in [1.54, 1.807) is 7.11 Å². The first-order chi connectivity index (χ1) is 19.9. The van der Waals surface area contributed by atoms with E-state index in [-0.39, 0.29) is 5.91 Å².